The minimum atomic E-state index is -1.94. The molecule has 4 saturated heterocycles. The Labute approximate surface area is 307 Å². The first-order valence-electron chi connectivity index (χ1n) is 17.1. The lowest BCUT2D eigenvalue weighted by Crippen LogP contribution is -2.70. The van der Waals surface area contributed by atoms with Crippen molar-refractivity contribution in [3.05, 3.63) is 0 Å². The van der Waals surface area contributed by atoms with Crippen LogP contribution >= 0.6 is 0 Å². The monoisotopic (exact) mass is 789 g/mol. The number of ether oxygens (including phenoxy) is 7. The van der Waals surface area contributed by atoms with Gasteiger partial charge >= 0.3 is 0 Å². The number of aliphatic hydroxyl groups is 11. The van der Waals surface area contributed by atoms with E-state index in [2.05, 4.69) is 16.0 Å². The lowest BCUT2D eigenvalue weighted by molar-refractivity contribution is -0.349. The molecule has 4 aliphatic rings. The van der Waals surface area contributed by atoms with Crippen LogP contribution in [-0.2, 0) is 47.5 Å². The molecule has 1 unspecified atom stereocenters. The van der Waals surface area contributed by atoms with Crippen molar-refractivity contribution in [1.29, 1.82) is 0 Å². The molecule has 0 aromatic carbocycles. The summed E-state index contributed by atoms with van der Waals surface area (Å²) < 4.78 is 39.8. The molecule has 0 saturated carbocycles. The SMILES string of the molecule is CC(=O)N[C@H]1[C@H](O[C@H]2[C@H](O)[C@@H](CO)O[C@@H](OC[C@H]3OC(O)[C@H](NC(C)=O)[C@@H](O[C@@H]4O[C@H](CO)[C@H](O)[C@H](O)[C@H]4O)[C@H]3O)[C@@H]2NC(C)=O)O[C@H](CO)[C@@H](O)[C@@H]1O. The Morgan fingerprint density at radius 3 is 1.46 bits per heavy atom. The lowest BCUT2D eigenvalue weighted by atomic mass is 9.94. The van der Waals surface area contributed by atoms with Crippen molar-refractivity contribution in [2.24, 2.45) is 0 Å². The maximum atomic E-state index is 12.4. The molecule has 3 amide bonds. The maximum absolute atomic E-state index is 12.4. The van der Waals surface area contributed by atoms with Crippen LogP contribution in [0.5, 0.6) is 0 Å². The van der Waals surface area contributed by atoms with Gasteiger partial charge in [0.15, 0.2) is 25.2 Å². The second-order valence-corrected chi connectivity index (χ2v) is 13.4. The molecule has 4 heterocycles. The van der Waals surface area contributed by atoms with Crippen LogP contribution in [-0.4, -0.2) is 223 Å². The Morgan fingerprint density at radius 1 is 0.481 bits per heavy atom. The van der Waals surface area contributed by atoms with Gasteiger partial charge in [0.25, 0.3) is 0 Å². The number of hydrogen-bond acceptors (Lipinski definition) is 21. The fourth-order valence-electron chi connectivity index (χ4n) is 6.65. The average Bonchev–Trinajstić information content (AvgIpc) is 3.11. The van der Waals surface area contributed by atoms with Gasteiger partial charge in [0, 0.05) is 20.8 Å². The molecule has 0 aromatic heterocycles. The third-order valence-corrected chi connectivity index (χ3v) is 9.39. The first kappa shape index (κ1) is 44.4. The first-order chi connectivity index (χ1) is 25.4. The molecule has 4 fully saturated rings. The first-order valence-corrected chi connectivity index (χ1v) is 17.1. The molecule has 0 spiro atoms. The van der Waals surface area contributed by atoms with Crippen LogP contribution in [0.2, 0.25) is 0 Å². The molecule has 0 aromatic rings. The van der Waals surface area contributed by atoms with E-state index in [4.69, 9.17) is 33.2 Å². The van der Waals surface area contributed by atoms with Crippen LogP contribution in [0.4, 0.5) is 0 Å². The fraction of sp³-hybridized carbons (Fsp3) is 0.900. The number of amides is 3. The van der Waals surface area contributed by atoms with Gasteiger partial charge in [-0.15, -0.1) is 0 Å². The van der Waals surface area contributed by atoms with Gasteiger partial charge in [0.2, 0.25) is 17.7 Å². The summed E-state index contributed by atoms with van der Waals surface area (Å²) in [6, 6.07) is -4.52. The van der Waals surface area contributed by atoms with E-state index < -0.39 is 167 Å². The van der Waals surface area contributed by atoms with Crippen LogP contribution in [0, 0.1) is 0 Å². The van der Waals surface area contributed by atoms with Crippen LogP contribution in [0.1, 0.15) is 20.8 Å². The minimum Gasteiger partial charge on any atom is -0.394 e. The number of nitrogens with one attached hydrogen (secondary N) is 3. The summed E-state index contributed by atoms with van der Waals surface area (Å²) in [6.45, 7) is 0.0599. The van der Waals surface area contributed by atoms with E-state index in [0.717, 1.165) is 20.8 Å². The molecule has 0 radical (unpaired) electrons. The molecule has 24 nitrogen and oxygen atoms in total. The van der Waals surface area contributed by atoms with Crippen molar-refractivity contribution in [2.75, 3.05) is 26.4 Å². The highest BCUT2D eigenvalue weighted by molar-refractivity contribution is 5.74. The average molecular weight is 790 g/mol. The van der Waals surface area contributed by atoms with Gasteiger partial charge in [-0.3, -0.25) is 14.4 Å². The molecule has 4 rings (SSSR count). The highest BCUT2D eigenvalue weighted by Gasteiger charge is 2.54. The molecule has 54 heavy (non-hydrogen) atoms. The summed E-state index contributed by atoms with van der Waals surface area (Å²) in [4.78, 5) is 36.4. The summed E-state index contributed by atoms with van der Waals surface area (Å²) in [5.74, 6) is -2.12. The zero-order valence-corrected chi connectivity index (χ0v) is 29.4. The minimum absolute atomic E-state index is 0.686. The summed E-state index contributed by atoms with van der Waals surface area (Å²) >= 11 is 0. The van der Waals surface area contributed by atoms with E-state index in [1.54, 1.807) is 0 Å². The van der Waals surface area contributed by atoms with E-state index in [1.165, 1.54) is 0 Å². The second-order valence-electron chi connectivity index (χ2n) is 13.4. The number of carbonyl (C=O) groups excluding carboxylic acids is 3. The molecule has 0 aliphatic carbocycles. The van der Waals surface area contributed by atoms with E-state index in [1.807, 2.05) is 0 Å². The summed E-state index contributed by atoms with van der Waals surface area (Å²) in [5.41, 5.74) is 0. The van der Waals surface area contributed by atoms with Crippen LogP contribution < -0.4 is 16.0 Å². The highest BCUT2D eigenvalue weighted by atomic mass is 16.7. The van der Waals surface area contributed by atoms with E-state index in [0.29, 0.717) is 0 Å². The lowest BCUT2D eigenvalue weighted by Gasteiger charge is -2.49. The maximum Gasteiger partial charge on any atom is 0.217 e. The Bertz CT molecular complexity index is 1250. The van der Waals surface area contributed by atoms with Crippen molar-refractivity contribution in [2.45, 2.75) is 143 Å². The smallest absolute Gasteiger partial charge is 0.217 e. The molecule has 14 N–H and O–H groups in total. The zero-order valence-electron chi connectivity index (χ0n) is 29.4. The van der Waals surface area contributed by atoms with E-state index >= 15 is 0 Å². The summed E-state index contributed by atoms with van der Waals surface area (Å²) in [7, 11) is 0. The van der Waals surface area contributed by atoms with Crippen LogP contribution in [0.15, 0.2) is 0 Å². The third kappa shape index (κ3) is 9.97. The Hall–Kier alpha value is -2.31. The summed E-state index contributed by atoms with van der Waals surface area (Å²) in [5, 5.41) is 122. The van der Waals surface area contributed by atoms with Gasteiger partial charge < -0.3 is 105 Å². The van der Waals surface area contributed by atoms with Gasteiger partial charge in [-0.1, -0.05) is 0 Å². The fourth-order valence-corrected chi connectivity index (χ4v) is 6.65. The molecular formula is C30H51N3O21. The van der Waals surface area contributed by atoms with Crippen molar-refractivity contribution in [1.82, 2.24) is 16.0 Å². The predicted molar refractivity (Wildman–Crippen MR) is 169 cm³/mol. The number of aliphatic hydroxyl groups excluding tert-OH is 11. The number of carbonyl (C=O) groups is 3. The largest absolute Gasteiger partial charge is 0.394 e. The van der Waals surface area contributed by atoms with Crippen molar-refractivity contribution < 1.29 is 104 Å². The number of rotatable bonds is 13. The standard InChI is InChI=1S/C30H51N3O21/c1-8(37)31-15-22(44)18(40)11(4-34)51-29(15)53-26-17(33-10(3)39)28(50-13(6-36)20(26)42)48-7-14-21(43)25(16(27(47)49-14)32-9(2)38)54-30-24(46)23(45)19(41)12(5-35)52-30/h11-30,34-36,40-47H,4-7H2,1-3H3,(H,31,37)(H,32,38)(H,33,39)/t11-,12-,13-,14-,15-,16-,17-,18-,19+,20-,21+,22-,23+,24-,25-,26-,27?,28-,29+,30+/m1/s1. The van der Waals surface area contributed by atoms with Gasteiger partial charge in [0.1, 0.15) is 97.5 Å². The molecule has 20 atom stereocenters. The van der Waals surface area contributed by atoms with E-state index in [-0.39, 0.29) is 0 Å². The normalized spacial score (nSPS) is 45.7. The van der Waals surface area contributed by atoms with Crippen molar-refractivity contribution >= 4 is 17.7 Å². The van der Waals surface area contributed by atoms with Crippen molar-refractivity contribution in [3.8, 4) is 0 Å². The highest BCUT2D eigenvalue weighted by Crippen LogP contribution is 2.32. The Balaban J connectivity index is 1.58. The molecule has 24 heteroatoms. The second kappa shape index (κ2) is 19.2. The van der Waals surface area contributed by atoms with Gasteiger partial charge in [-0.05, 0) is 0 Å². The van der Waals surface area contributed by atoms with Crippen LogP contribution in [0.25, 0.3) is 0 Å². The van der Waals surface area contributed by atoms with Gasteiger partial charge in [0.05, 0.1) is 26.4 Å². The molecule has 4 aliphatic heterocycles. The topological polar surface area (TPSA) is 374 Å². The predicted octanol–water partition coefficient (Wildman–Crippen LogP) is -9.32. The Kier molecular flexibility index (Phi) is 15.8. The Morgan fingerprint density at radius 2 is 0.907 bits per heavy atom. The third-order valence-electron chi connectivity index (χ3n) is 9.39. The van der Waals surface area contributed by atoms with Crippen molar-refractivity contribution in [3.63, 3.8) is 0 Å². The zero-order chi connectivity index (χ0) is 40.2. The number of hydrogen-bond donors (Lipinski definition) is 14. The summed E-state index contributed by atoms with van der Waals surface area (Å²) in [6.07, 6.45) is -29.0. The van der Waals surface area contributed by atoms with Crippen LogP contribution in [0.3, 0.4) is 0 Å². The molecule has 0 bridgehead atoms. The van der Waals surface area contributed by atoms with Gasteiger partial charge in [-0.25, -0.2) is 0 Å². The van der Waals surface area contributed by atoms with E-state index in [9.17, 15) is 70.6 Å². The van der Waals surface area contributed by atoms with Gasteiger partial charge in [-0.2, -0.15) is 0 Å². The quantitative estimate of drug-likeness (QED) is 0.0823. The molecule has 312 valence electrons. The molecular weight excluding hydrogens is 738 g/mol.